The minimum atomic E-state index is -0.415. The number of rotatable bonds is 36. The van der Waals surface area contributed by atoms with E-state index in [1.165, 1.54) is 91.2 Å². The van der Waals surface area contributed by atoms with E-state index < -0.39 is 11.9 Å². The van der Waals surface area contributed by atoms with Crippen LogP contribution in [0.1, 0.15) is 312 Å². The Hall–Kier alpha value is -12.2. The van der Waals surface area contributed by atoms with Gasteiger partial charge in [-0.05, 0) is 369 Å². The van der Waals surface area contributed by atoms with E-state index in [2.05, 4.69) is 152 Å². The number of Topliss-reactive ketones (excluding diaryl/α,β-unsaturated/α-hetero) is 1. The lowest BCUT2D eigenvalue weighted by atomic mass is 9.54. The van der Waals surface area contributed by atoms with Gasteiger partial charge in [-0.1, -0.05) is 268 Å². The molecule has 0 amide bonds. The van der Waals surface area contributed by atoms with Crippen LogP contribution in [0, 0.1) is 58.2 Å². The molecule has 17 nitrogen and oxygen atoms in total. The summed E-state index contributed by atoms with van der Waals surface area (Å²) in [4.78, 5) is 73.1. The first-order valence-corrected chi connectivity index (χ1v) is 53.9. The molecule has 145 heavy (non-hydrogen) atoms. The van der Waals surface area contributed by atoms with Crippen LogP contribution in [0.3, 0.4) is 0 Å². The summed E-state index contributed by atoms with van der Waals surface area (Å²) in [6.07, 6.45) is 24.1. The quantitative estimate of drug-likeness (QED) is 0.0155. The van der Waals surface area contributed by atoms with Gasteiger partial charge in [-0.2, -0.15) is 0 Å². The van der Waals surface area contributed by atoms with Crippen LogP contribution in [0.5, 0.6) is 46.0 Å². The van der Waals surface area contributed by atoms with E-state index in [-0.39, 0.29) is 92.0 Å². The van der Waals surface area contributed by atoms with Crippen molar-refractivity contribution in [3.05, 3.63) is 300 Å². The molecule has 0 radical (unpaired) electrons. The Morgan fingerprint density at radius 2 is 0.634 bits per heavy atom. The van der Waals surface area contributed by atoms with Gasteiger partial charge in [0.15, 0.2) is 39.6 Å². The van der Waals surface area contributed by atoms with Crippen molar-refractivity contribution in [1.29, 1.82) is 0 Å². The Morgan fingerprint density at radius 1 is 0.303 bits per heavy atom. The third kappa shape index (κ3) is 29.6. The summed E-state index contributed by atoms with van der Waals surface area (Å²) in [5.74, 6) is 13.1. The molecule has 0 aromatic heterocycles. The van der Waals surface area contributed by atoms with Gasteiger partial charge in [0, 0.05) is 11.0 Å². The molecule has 21 rings (SSSR count). The predicted molar refractivity (Wildman–Crippen MR) is 577 cm³/mol. The molecule has 770 valence electrons. The van der Waals surface area contributed by atoms with E-state index in [4.69, 9.17) is 52.1 Å². The van der Waals surface area contributed by atoms with Crippen LogP contribution in [-0.2, 0) is 38.2 Å². The lowest BCUT2D eigenvalue weighted by Crippen LogP contribution is -2.53. The molecular weight excluding hydrogens is 1810 g/mol. The molecule has 17 heteroatoms. The second kappa shape index (κ2) is 51.7. The Morgan fingerprint density at radius 3 is 1.02 bits per heavy atom. The first kappa shape index (κ1) is 108. The molecule has 11 aromatic rings. The van der Waals surface area contributed by atoms with Crippen molar-refractivity contribution in [3.8, 4) is 46.0 Å². The first-order valence-electron chi connectivity index (χ1n) is 53.9. The van der Waals surface area contributed by atoms with Gasteiger partial charge in [0.05, 0.1) is 0 Å². The fourth-order valence-corrected chi connectivity index (χ4v) is 23.4. The van der Waals surface area contributed by atoms with Gasteiger partial charge in [0.25, 0.3) is 0 Å². The van der Waals surface area contributed by atoms with Crippen LogP contribution in [0.4, 0.5) is 0 Å². The Kier molecular flexibility index (Phi) is 38.7. The van der Waals surface area contributed by atoms with Crippen molar-refractivity contribution in [3.63, 3.8) is 0 Å². The van der Waals surface area contributed by atoms with Crippen molar-refractivity contribution in [1.82, 2.24) is 0 Å². The highest BCUT2D eigenvalue weighted by Crippen LogP contribution is 2.66. The molecule has 0 spiro atoms. The zero-order valence-electron chi connectivity index (χ0n) is 88.4. The van der Waals surface area contributed by atoms with Gasteiger partial charge in [0.1, 0.15) is 63.8 Å². The number of para-hydroxylation sites is 1. The third-order valence-electron chi connectivity index (χ3n) is 33.2. The average Bonchev–Trinajstić information content (AvgIpc) is 1.54. The maximum Gasteiger partial charge on any atom is 0.349 e. The molecular formula is C128H156O17. The summed E-state index contributed by atoms with van der Waals surface area (Å²) in [6.45, 7) is 33.1. The zero-order valence-corrected chi connectivity index (χ0v) is 88.4. The number of ketones is 1. The van der Waals surface area contributed by atoms with Gasteiger partial charge < -0.3 is 52.1 Å². The number of esters is 5. The Bertz CT molecular complexity index is 5900. The SMILES string of the molecule is CCC(C)c1ccc(OCC(=O)OC23CC4CC(CC(C4)C2)C3)cc1.CCC(C)c1ccc(OCC(=O)OC2C3CC4CC(C3)CC2C4)cc1.CCC(C)c1ccc(OCC(=O)OC2CC3CCC2(C)C3(C)C)cc1.CCC(C)c1ccc(OCC(=O)Oc2ccc3ccccc3c2)cc1.CCC(C)c1ccc(OCC(=O)Oc2ccccc2)cc1.CCC(C)c1ccc(OCC(=O)c2cccc3ccccc23)cc1. The van der Waals surface area contributed by atoms with Crippen LogP contribution < -0.4 is 37.9 Å². The fraction of sp³-hybridized carbons (Fsp3) is 0.469. The average molecular weight is 1970 g/mol. The number of carbonyl (C=O) groups is 6. The van der Waals surface area contributed by atoms with Gasteiger partial charge in [-0.15, -0.1) is 0 Å². The number of fused-ring (bicyclic) bond motifs is 4. The smallest absolute Gasteiger partial charge is 0.349 e. The van der Waals surface area contributed by atoms with Crippen molar-refractivity contribution in [2.24, 2.45) is 58.2 Å². The monoisotopic (exact) mass is 1970 g/mol. The van der Waals surface area contributed by atoms with Crippen molar-refractivity contribution in [2.45, 2.75) is 286 Å². The fourth-order valence-electron chi connectivity index (χ4n) is 23.4. The molecule has 0 heterocycles. The Labute approximate surface area is 862 Å². The molecule has 10 saturated carbocycles. The highest BCUT2D eigenvalue weighted by atomic mass is 16.6. The van der Waals surface area contributed by atoms with Crippen LogP contribution in [0.15, 0.2) is 261 Å². The first-order chi connectivity index (χ1) is 70.0. The van der Waals surface area contributed by atoms with E-state index in [0.717, 1.165) is 145 Å². The topological polar surface area (TPSA) is 204 Å². The molecule has 10 fully saturated rings. The minimum Gasteiger partial charge on any atom is -0.485 e. The third-order valence-corrected chi connectivity index (χ3v) is 33.2. The van der Waals surface area contributed by atoms with E-state index in [0.29, 0.717) is 81.8 Å². The van der Waals surface area contributed by atoms with Gasteiger partial charge in [-0.25, -0.2) is 24.0 Å². The largest absolute Gasteiger partial charge is 0.485 e. The number of hydrogen-bond acceptors (Lipinski definition) is 17. The molecule has 11 aromatic carbocycles. The second-order valence-electron chi connectivity index (χ2n) is 43.3. The van der Waals surface area contributed by atoms with Crippen LogP contribution >= 0.6 is 0 Å². The van der Waals surface area contributed by atoms with E-state index >= 15 is 0 Å². The number of hydrogen-bond donors (Lipinski definition) is 0. The molecule has 0 aliphatic heterocycles. The zero-order chi connectivity index (χ0) is 103. The number of ether oxygens (including phenoxy) is 11. The molecule has 10 bridgehead atoms. The second-order valence-corrected chi connectivity index (χ2v) is 43.3. The summed E-state index contributed by atoms with van der Waals surface area (Å²) in [7, 11) is 0. The lowest BCUT2D eigenvalue weighted by molar-refractivity contribution is -0.188. The van der Waals surface area contributed by atoms with Crippen molar-refractivity contribution >= 4 is 57.2 Å². The minimum absolute atomic E-state index is 0.00203. The predicted octanol–water partition coefficient (Wildman–Crippen LogP) is 30.5. The van der Waals surface area contributed by atoms with Gasteiger partial charge >= 0.3 is 29.8 Å². The maximum absolute atomic E-state index is 12.5. The summed E-state index contributed by atoms with van der Waals surface area (Å²) in [6, 6.07) is 84.2. The Balaban J connectivity index is 0.000000138. The van der Waals surface area contributed by atoms with Crippen molar-refractivity contribution < 1.29 is 80.9 Å². The van der Waals surface area contributed by atoms with Crippen molar-refractivity contribution in [2.75, 3.05) is 39.6 Å². The van der Waals surface area contributed by atoms with E-state index in [9.17, 15) is 28.8 Å². The lowest BCUT2D eigenvalue weighted by Gasteiger charge is -2.55. The molecule has 0 saturated heterocycles. The number of benzene rings is 11. The van der Waals surface area contributed by atoms with E-state index in [1.54, 1.807) is 18.2 Å². The van der Waals surface area contributed by atoms with E-state index in [1.807, 2.05) is 194 Å². The molecule has 9 atom stereocenters. The summed E-state index contributed by atoms with van der Waals surface area (Å²) in [5, 5.41) is 4.19. The van der Waals surface area contributed by atoms with Crippen LogP contribution in [-0.4, -0.2) is 93.1 Å². The maximum atomic E-state index is 12.5. The number of carbonyl (C=O) groups excluding carboxylic acids is 6. The summed E-state index contributed by atoms with van der Waals surface area (Å²) >= 11 is 0. The van der Waals surface area contributed by atoms with Gasteiger partial charge in [0.2, 0.25) is 5.78 Å². The highest BCUT2D eigenvalue weighted by molar-refractivity contribution is 6.08. The highest BCUT2D eigenvalue weighted by Gasteiger charge is 2.63. The van der Waals surface area contributed by atoms with Crippen LogP contribution in [0.25, 0.3) is 21.5 Å². The normalized spacial score (nSPS) is 22.8. The van der Waals surface area contributed by atoms with Crippen LogP contribution in [0.2, 0.25) is 0 Å². The standard InChI is InChI=1S/2C22H30O3.C22H32O3.C22H22O3.C22H22O2.C18H20O3/c1-3-15(2)19-4-6-20(7-5-19)24-14-21(23)25-22-11-16-8-17(12-22)10-18(9-16)13-22;1-3-14(2)17-4-6-20(7-5-17)24-13-21(23)25-22-18-9-15-8-16(11-18)12-19(22)10-15;1-6-15(2)16-7-9-18(10-8-16)24-14-20(23)25-19-13-17-11-12-22(19,5)21(17,3)4;1-3-16(2)17-8-11-20(12-9-17)24-15-22(23)25-21-13-10-18-6-4-5-7-19(18)14-21;1-3-16(2)17-11-13-19(14-12-17)24-15-22(23)21-10-6-8-18-7-4-5-9-20(18)21;1-3-14(2)15-9-11-16(12-10-15)20-13-18(19)21-17-7-5-4-6-8-17/h4-7,15-18H,3,8-14H2,1-2H3;4-7,14-16,18-19,22H,3,8-13H2,1-2H3;7-10,15,17,19H,6,11-14H2,1-5H3;4-14,16H,3,15H2,1-2H3;4-14,16H,3,15H2,1-2H3;4-12,14H,3,13H2,1-2H3. The molecule has 10 aliphatic carbocycles. The summed E-state index contributed by atoms with van der Waals surface area (Å²) < 4.78 is 61.8. The van der Waals surface area contributed by atoms with Gasteiger partial charge in [-0.3, -0.25) is 4.79 Å². The molecule has 10 aliphatic rings. The molecule has 9 unspecified atom stereocenters. The molecule has 0 N–H and O–H groups in total. The summed E-state index contributed by atoms with van der Waals surface area (Å²) in [5.41, 5.74) is 8.66.